The van der Waals surface area contributed by atoms with Crippen LogP contribution in [-0.2, 0) is 11.3 Å². The van der Waals surface area contributed by atoms with Crippen molar-refractivity contribution in [3.63, 3.8) is 0 Å². The monoisotopic (exact) mass is 257 g/mol. The molecule has 0 bridgehead atoms. The first-order valence-corrected chi connectivity index (χ1v) is 5.49. The third-order valence-corrected chi connectivity index (χ3v) is 3.10. The van der Waals surface area contributed by atoms with E-state index in [1.54, 1.807) is 12.1 Å². The van der Waals surface area contributed by atoms with Crippen LogP contribution in [-0.4, -0.2) is 15.6 Å². The Balaban J connectivity index is 2.40. The molecule has 1 aromatic carbocycles. The smallest absolute Gasteiger partial charge is 0.305 e. The summed E-state index contributed by atoms with van der Waals surface area (Å²) in [5.41, 5.74) is 0.899. The summed E-state index contributed by atoms with van der Waals surface area (Å²) in [6, 6.07) is 5.41. The summed E-state index contributed by atoms with van der Waals surface area (Å²) in [6.07, 6.45) is 1.92. The molecule has 0 unspecified atom stereocenters. The Labute approximate surface area is 102 Å². The van der Waals surface area contributed by atoms with Gasteiger partial charge in [-0.2, -0.15) is 0 Å². The largest absolute Gasteiger partial charge is 0.481 e. The first-order valence-electron chi connectivity index (χ1n) is 4.73. The highest BCUT2D eigenvalue weighted by Gasteiger charge is 2.06. The van der Waals surface area contributed by atoms with Crippen molar-refractivity contribution in [3.05, 3.63) is 34.4 Å². The van der Waals surface area contributed by atoms with Crippen LogP contribution in [0.2, 0.25) is 10.0 Å². The lowest BCUT2D eigenvalue weighted by Gasteiger charge is -2.04. The molecular weight excluding hydrogens is 249 g/mol. The molecule has 0 spiro atoms. The van der Waals surface area contributed by atoms with Gasteiger partial charge in [0.05, 0.1) is 16.5 Å². The quantitative estimate of drug-likeness (QED) is 0.916. The number of carboxylic acids is 1. The molecule has 2 rings (SSSR count). The number of aliphatic carboxylic acids is 1. The summed E-state index contributed by atoms with van der Waals surface area (Å²) in [4.78, 5) is 10.5. The predicted octanol–water partition coefficient (Wildman–Crippen LogP) is 3.42. The highest BCUT2D eigenvalue weighted by Crippen LogP contribution is 2.28. The minimum absolute atomic E-state index is 0.0873. The molecule has 0 saturated carbocycles. The van der Waals surface area contributed by atoms with E-state index >= 15 is 0 Å². The van der Waals surface area contributed by atoms with Gasteiger partial charge in [-0.1, -0.05) is 23.2 Å². The number of fused-ring (bicyclic) bond motifs is 1. The fraction of sp³-hybridized carbons (Fsp3) is 0.182. The molecule has 1 heterocycles. The summed E-state index contributed by atoms with van der Waals surface area (Å²) in [5, 5.41) is 10.6. The van der Waals surface area contributed by atoms with Gasteiger partial charge in [-0.05, 0) is 18.2 Å². The molecule has 0 radical (unpaired) electrons. The SMILES string of the molecule is O=C(O)CCn1ccc2cc(Cl)c(Cl)cc21. The lowest BCUT2D eigenvalue weighted by molar-refractivity contribution is -0.137. The van der Waals surface area contributed by atoms with Gasteiger partial charge in [0.15, 0.2) is 0 Å². The van der Waals surface area contributed by atoms with Gasteiger partial charge < -0.3 is 9.67 Å². The standard InChI is InChI=1S/C11H9Cl2NO2/c12-8-5-7-1-3-14(4-2-11(15)16)10(7)6-9(8)13/h1,3,5-6H,2,4H2,(H,15,16). The molecule has 2 aromatic rings. The Hall–Kier alpha value is -1.19. The lowest BCUT2D eigenvalue weighted by atomic mass is 10.2. The van der Waals surface area contributed by atoms with Crippen molar-refractivity contribution in [2.24, 2.45) is 0 Å². The van der Waals surface area contributed by atoms with Gasteiger partial charge in [0.2, 0.25) is 0 Å². The number of benzene rings is 1. The zero-order valence-electron chi connectivity index (χ0n) is 8.28. The Kier molecular flexibility index (Phi) is 3.08. The Morgan fingerprint density at radius 1 is 1.31 bits per heavy atom. The van der Waals surface area contributed by atoms with Gasteiger partial charge in [-0.25, -0.2) is 0 Å². The van der Waals surface area contributed by atoms with E-state index in [1.165, 1.54) is 0 Å². The molecule has 0 aliphatic heterocycles. The molecule has 5 heteroatoms. The third kappa shape index (κ3) is 2.15. The van der Waals surface area contributed by atoms with E-state index in [0.717, 1.165) is 10.9 Å². The Bertz CT molecular complexity index is 548. The fourth-order valence-corrected chi connectivity index (χ4v) is 1.93. The zero-order valence-corrected chi connectivity index (χ0v) is 9.79. The van der Waals surface area contributed by atoms with Crippen LogP contribution in [0.4, 0.5) is 0 Å². The van der Waals surface area contributed by atoms with E-state index in [2.05, 4.69) is 0 Å². The van der Waals surface area contributed by atoms with Crippen LogP contribution in [0.3, 0.4) is 0 Å². The number of nitrogens with zero attached hydrogens (tertiary/aromatic N) is 1. The highest BCUT2D eigenvalue weighted by atomic mass is 35.5. The number of carbonyl (C=O) groups is 1. The predicted molar refractivity (Wildman–Crippen MR) is 64.2 cm³/mol. The fourth-order valence-electron chi connectivity index (χ4n) is 1.60. The highest BCUT2D eigenvalue weighted by molar-refractivity contribution is 6.42. The number of hydrogen-bond acceptors (Lipinski definition) is 1. The number of aryl methyl sites for hydroxylation is 1. The summed E-state index contributed by atoms with van der Waals surface area (Å²) < 4.78 is 1.85. The van der Waals surface area contributed by atoms with Crippen molar-refractivity contribution in [2.75, 3.05) is 0 Å². The molecule has 0 aliphatic rings. The number of hydrogen-bond donors (Lipinski definition) is 1. The zero-order chi connectivity index (χ0) is 11.7. The lowest BCUT2D eigenvalue weighted by Crippen LogP contribution is -2.03. The number of aromatic nitrogens is 1. The molecule has 3 nitrogen and oxygen atoms in total. The Morgan fingerprint density at radius 3 is 2.69 bits per heavy atom. The first-order chi connectivity index (χ1) is 7.58. The van der Waals surface area contributed by atoms with Crippen molar-refractivity contribution in [2.45, 2.75) is 13.0 Å². The molecule has 0 amide bonds. The minimum Gasteiger partial charge on any atom is -0.481 e. The summed E-state index contributed by atoms with van der Waals surface area (Å²) in [6.45, 7) is 0.427. The molecule has 1 N–H and O–H groups in total. The molecule has 0 aliphatic carbocycles. The molecule has 16 heavy (non-hydrogen) atoms. The van der Waals surface area contributed by atoms with E-state index in [9.17, 15) is 4.79 Å². The normalized spacial score (nSPS) is 10.9. The van der Waals surface area contributed by atoms with Gasteiger partial charge in [0.25, 0.3) is 0 Å². The van der Waals surface area contributed by atoms with Gasteiger partial charge >= 0.3 is 5.97 Å². The van der Waals surface area contributed by atoms with Crippen molar-refractivity contribution in [3.8, 4) is 0 Å². The number of rotatable bonds is 3. The number of halogens is 2. The molecule has 0 fully saturated rings. The maximum absolute atomic E-state index is 10.5. The average molecular weight is 258 g/mol. The first kappa shape index (κ1) is 11.3. The van der Waals surface area contributed by atoms with Crippen LogP contribution in [0.1, 0.15) is 6.42 Å². The molecular formula is C11H9Cl2NO2. The maximum atomic E-state index is 10.5. The van der Waals surface area contributed by atoms with Crippen LogP contribution >= 0.6 is 23.2 Å². The number of carboxylic acid groups (broad SMARTS) is 1. The molecule has 0 atom stereocenters. The average Bonchev–Trinajstić information content (AvgIpc) is 2.58. The van der Waals surface area contributed by atoms with Gasteiger partial charge in [0, 0.05) is 23.6 Å². The van der Waals surface area contributed by atoms with E-state index in [4.69, 9.17) is 28.3 Å². The second-order valence-corrected chi connectivity index (χ2v) is 4.29. The topological polar surface area (TPSA) is 42.2 Å². The third-order valence-electron chi connectivity index (χ3n) is 2.38. The minimum atomic E-state index is -0.818. The van der Waals surface area contributed by atoms with E-state index in [0.29, 0.717) is 16.6 Å². The van der Waals surface area contributed by atoms with Crippen LogP contribution in [0.15, 0.2) is 24.4 Å². The van der Waals surface area contributed by atoms with Crippen molar-refractivity contribution < 1.29 is 9.90 Å². The van der Waals surface area contributed by atoms with Crippen molar-refractivity contribution in [1.82, 2.24) is 4.57 Å². The van der Waals surface area contributed by atoms with E-state index < -0.39 is 5.97 Å². The van der Waals surface area contributed by atoms with Crippen LogP contribution in [0, 0.1) is 0 Å². The summed E-state index contributed by atoms with van der Waals surface area (Å²) in [7, 11) is 0. The van der Waals surface area contributed by atoms with E-state index in [1.807, 2.05) is 16.8 Å². The van der Waals surface area contributed by atoms with E-state index in [-0.39, 0.29) is 6.42 Å². The van der Waals surface area contributed by atoms with Gasteiger partial charge in [-0.15, -0.1) is 0 Å². The Morgan fingerprint density at radius 2 is 2.00 bits per heavy atom. The van der Waals surface area contributed by atoms with Crippen LogP contribution < -0.4 is 0 Å². The second kappa shape index (κ2) is 4.36. The molecule has 84 valence electrons. The van der Waals surface area contributed by atoms with Gasteiger partial charge in [0.1, 0.15) is 0 Å². The molecule has 1 aromatic heterocycles. The van der Waals surface area contributed by atoms with Crippen LogP contribution in [0.5, 0.6) is 0 Å². The van der Waals surface area contributed by atoms with Crippen LogP contribution in [0.25, 0.3) is 10.9 Å². The van der Waals surface area contributed by atoms with Gasteiger partial charge in [-0.3, -0.25) is 4.79 Å². The summed E-state index contributed by atoms with van der Waals surface area (Å²) >= 11 is 11.8. The molecule has 0 saturated heterocycles. The maximum Gasteiger partial charge on any atom is 0.305 e. The second-order valence-electron chi connectivity index (χ2n) is 3.48. The van der Waals surface area contributed by atoms with Crippen molar-refractivity contribution >= 4 is 40.1 Å². The van der Waals surface area contributed by atoms with Crippen molar-refractivity contribution in [1.29, 1.82) is 0 Å². The summed E-state index contributed by atoms with van der Waals surface area (Å²) in [5.74, 6) is -0.818.